The lowest BCUT2D eigenvalue weighted by Crippen LogP contribution is -2.13. The van der Waals surface area contributed by atoms with Gasteiger partial charge in [0.1, 0.15) is 0 Å². The Bertz CT molecular complexity index is 311. The summed E-state index contributed by atoms with van der Waals surface area (Å²) in [5.41, 5.74) is 0. The predicted octanol–water partition coefficient (Wildman–Crippen LogP) is 4.11. The lowest BCUT2D eigenvalue weighted by Gasteiger charge is -2.17. The highest BCUT2D eigenvalue weighted by Crippen LogP contribution is 2.30. The lowest BCUT2D eigenvalue weighted by atomic mass is 10.0. The zero-order valence-corrected chi connectivity index (χ0v) is 10.1. The van der Waals surface area contributed by atoms with Gasteiger partial charge >= 0.3 is 0 Å². The van der Waals surface area contributed by atoms with Crippen LogP contribution in [0, 0.1) is 17.2 Å². The van der Waals surface area contributed by atoms with Crippen molar-refractivity contribution in [2.45, 2.75) is 36.8 Å². The molecule has 0 N–H and O–H groups in total. The van der Waals surface area contributed by atoms with Gasteiger partial charge in [-0.25, -0.2) is 0 Å². The molecule has 1 unspecified atom stereocenters. The average molecular weight is 219 g/mol. The van der Waals surface area contributed by atoms with E-state index in [4.69, 9.17) is 5.26 Å². The lowest BCUT2D eigenvalue weighted by molar-refractivity contribution is 0.514. The summed E-state index contributed by atoms with van der Waals surface area (Å²) in [4.78, 5) is 1.19. The molecule has 0 aliphatic heterocycles. The van der Waals surface area contributed by atoms with E-state index in [0.717, 1.165) is 12.8 Å². The Morgan fingerprint density at radius 1 is 1.20 bits per heavy atom. The van der Waals surface area contributed by atoms with Crippen molar-refractivity contribution < 1.29 is 0 Å². The maximum Gasteiger partial charge on any atom is 0.0991 e. The van der Waals surface area contributed by atoms with Gasteiger partial charge in [-0.2, -0.15) is 5.26 Å². The molecule has 1 aromatic carbocycles. The van der Waals surface area contributed by atoms with E-state index in [-0.39, 0.29) is 5.25 Å². The highest BCUT2D eigenvalue weighted by Gasteiger charge is 2.18. The van der Waals surface area contributed by atoms with Gasteiger partial charge in [-0.1, -0.05) is 44.9 Å². The smallest absolute Gasteiger partial charge is 0.0991 e. The number of benzene rings is 1. The first-order valence-corrected chi connectivity index (χ1v) is 6.31. The van der Waals surface area contributed by atoms with Crippen LogP contribution in [0.15, 0.2) is 35.2 Å². The summed E-state index contributed by atoms with van der Waals surface area (Å²) in [6.07, 6.45) is 2.16. The van der Waals surface area contributed by atoms with Crippen LogP contribution in [-0.4, -0.2) is 5.25 Å². The summed E-state index contributed by atoms with van der Waals surface area (Å²) in [5.74, 6) is 0.500. The molecule has 0 bridgehead atoms. The van der Waals surface area contributed by atoms with Crippen molar-refractivity contribution in [2.75, 3.05) is 0 Å². The van der Waals surface area contributed by atoms with Crippen molar-refractivity contribution in [3.8, 4) is 6.07 Å². The minimum atomic E-state index is 0.0856. The number of nitrogens with zero attached hydrogens (tertiary/aromatic N) is 1. The van der Waals surface area contributed by atoms with Crippen molar-refractivity contribution in [3.63, 3.8) is 0 Å². The summed E-state index contributed by atoms with van der Waals surface area (Å²) in [6.45, 7) is 4.31. The minimum Gasteiger partial charge on any atom is -0.197 e. The van der Waals surface area contributed by atoms with Crippen LogP contribution >= 0.6 is 11.8 Å². The van der Waals surface area contributed by atoms with Crippen molar-refractivity contribution in [1.29, 1.82) is 5.26 Å². The summed E-state index contributed by atoms with van der Waals surface area (Å²) in [6, 6.07) is 12.6. The van der Waals surface area contributed by atoms with Gasteiger partial charge in [-0.15, -0.1) is 11.8 Å². The summed E-state index contributed by atoms with van der Waals surface area (Å²) < 4.78 is 0. The minimum absolute atomic E-state index is 0.0856. The maximum absolute atomic E-state index is 9.15. The SMILES string of the molecule is CCC(CC)C(C#N)Sc1ccccc1. The molecule has 0 aromatic heterocycles. The first-order valence-electron chi connectivity index (χ1n) is 5.43. The third-order valence-electron chi connectivity index (χ3n) is 2.61. The number of thioether (sulfide) groups is 1. The average Bonchev–Trinajstić information content (AvgIpc) is 2.30. The molecule has 0 aliphatic carbocycles. The van der Waals surface area contributed by atoms with Gasteiger partial charge in [0.05, 0.1) is 11.3 Å². The fraction of sp³-hybridized carbons (Fsp3) is 0.462. The van der Waals surface area contributed by atoms with Crippen LogP contribution in [0.4, 0.5) is 0 Å². The molecule has 0 spiro atoms. The Hall–Kier alpha value is -0.940. The molecule has 80 valence electrons. The van der Waals surface area contributed by atoms with Gasteiger partial charge in [0.2, 0.25) is 0 Å². The van der Waals surface area contributed by atoms with E-state index in [9.17, 15) is 0 Å². The zero-order chi connectivity index (χ0) is 11.1. The van der Waals surface area contributed by atoms with Crippen LogP contribution < -0.4 is 0 Å². The maximum atomic E-state index is 9.15. The van der Waals surface area contributed by atoms with Crippen LogP contribution in [-0.2, 0) is 0 Å². The van der Waals surface area contributed by atoms with E-state index in [2.05, 4.69) is 32.0 Å². The quantitative estimate of drug-likeness (QED) is 0.696. The van der Waals surface area contributed by atoms with Crippen molar-refractivity contribution in [2.24, 2.45) is 5.92 Å². The largest absolute Gasteiger partial charge is 0.197 e. The van der Waals surface area contributed by atoms with Gasteiger partial charge in [0, 0.05) is 4.90 Å². The van der Waals surface area contributed by atoms with E-state index >= 15 is 0 Å². The number of hydrogen-bond donors (Lipinski definition) is 0. The molecular formula is C13H17NS. The van der Waals surface area contributed by atoms with Crippen molar-refractivity contribution in [1.82, 2.24) is 0 Å². The Balaban J connectivity index is 2.66. The third-order valence-corrected chi connectivity index (χ3v) is 3.90. The molecule has 0 radical (unpaired) electrons. The van der Waals surface area contributed by atoms with Gasteiger partial charge < -0.3 is 0 Å². The molecule has 1 rings (SSSR count). The number of nitriles is 1. The Morgan fingerprint density at radius 2 is 1.80 bits per heavy atom. The Morgan fingerprint density at radius 3 is 2.27 bits per heavy atom. The Labute approximate surface area is 96.5 Å². The topological polar surface area (TPSA) is 23.8 Å². The normalized spacial score (nSPS) is 12.4. The highest BCUT2D eigenvalue weighted by atomic mass is 32.2. The molecular weight excluding hydrogens is 202 g/mol. The Kier molecular flexibility index (Phi) is 5.28. The number of rotatable bonds is 5. The van der Waals surface area contributed by atoms with Gasteiger partial charge in [-0.3, -0.25) is 0 Å². The second-order valence-electron chi connectivity index (χ2n) is 3.56. The predicted molar refractivity (Wildman–Crippen MR) is 65.8 cm³/mol. The van der Waals surface area contributed by atoms with Gasteiger partial charge in [-0.05, 0) is 18.1 Å². The number of hydrogen-bond acceptors (Lipinski definition) is 2. The third kappa shape index (κ3) is 3.60. The first kappa shape index (κ1) is 12.1. The van der Waals surface area contributed by atoms with Gasteiger partial charge in [0.15, 0.2) is 0 Å². The van der Waals surface area contributed by atoms with Crippen molar-refractivity contribution >= 4 is 11.8 Å². The molecule has 0 saturated carbocycles. The van der Waals surface area contributed by atoms with E-state index in [1.165, 1.54) is 4.90 Å². The van der Waals surface area contributed by atoms with Crippen LogP contribution in [0.3, 0.4) is 0 Å². The molecule has 0 aliphatic rings. The summed E-state index contributed by atoms with van der Waals surface area (Å²) >= 11 is 1.68. The highest BCUT2D eigenvalue weighted by molar-refractivity contribution is 8.00. The second-order valence-corrected chi connectivity index (χ2v) is 4.77. The molecule has 2 heteroatoms. The molecule has 0 saturated heterocycles. The van der Waals surface area contributed by atoms with E-state index in [0.29, 0.717) is 5.92 Å². The van der Waals surface area contributed by atoms with Crippen LogP contribution in [0.5, 0.6) is 0 Å². The molecule has 0 fully saturated rings. The molecule has 15 heavy (non-hydrogen) atoms. The fourth-order valence-corrected chi connectivity index (χ4v) is 2.83. The van der Waals surface area contributed by atoms with E-state index < -0.39 is 0 Å². The molecule has 1 atom stereocenters. The van der Waals surface area contributed by atoms with Crippen LogP contribution in [0.2, 0.25) is 0 Å². The van der Waals surface area contributed by atoms with Crippen LogP contribution in [0.1, 0.15) is 26.7 Å². The summed E-state index contributed by atoms with van der Waals surface area (Å²) in [5, 5.41) is 9.23. The molecule has 0 heterocycles. The first-order chi connectivity index (χ1) is 7.31. The second kappa shape index (κ2) is 6.53. The van der Waals surface area contributed by atoms with E-state index in [1.54, 1.807) is 11.8 Å². The van der Waals surface area contributed by atoms with Crippen molar-refractivity contribution in [3.05, 3.63) is 30.3 Å². The van der Waals surface area contributed by atoms with Crippen LogP contribution in [0.25, 0.3) is 0 Å². The molecule has 0 amide bonds. The summed E-state index contributed by atoms with van der Waals surface area (Å²) in [7, 11) is 0. The zero-order valence-electron chi connectivity index (χ0n) is 9.31. The van der Waals surface area contributed by atoms with E-state index in [1.807, 2.05) is 18.2 Å². The monoisotopic (exact) mass is 219 g/mol. The molecule has 1 aromatic rings. The fourth-order valence-electron chi connectivity index (χ4n) is 1.59. The van der Waals surface area contributed by atoms with Gasteiger partial charge in [0.25, 0.3) is 0 Å². The molecule has 1 nitrogen and oxygen atoms in total. The standard InChI is InChI=1S/C13H17NS/c1-3-11(4-2)13(10-14)15-12-8-6-5-7-9-12/h5-9,11,13H,3-4H2,1-2H3.